The fourth-order valence-electron chi connectivity index (χ4n) is 2.12. The van der Waals surface area contributed by atoms with Crippen LogP contribution in [0.3, 0.4) is 0 Å². The second-order valence-electron chi connectivity index (χ2n) is 5.39. The molecule has 1 aromatic heterocycles. The molecule has 0 aliphatic heterocycles. The van der Waals surface area contributed by atoms with E-state index < -0.39 is 11.6 Å². The van der Waals surface area contributed by atoms with Crippen LogP contribution in [0.1, 0.15) is 12.5 Å². The molecule has 0 aliphatic rings. The van der Waals surface area contributed by atoms with Crippen molar-refractivity contribution in [1.29, 1.82) is 0 Å². The van der Waals surface area contributed by atoms with Crippen molar-refractivity contribution in [2.24, 2.45) is 4.99 Å². The molecule has 0 bridgehead atoms. The summed E-state index contributed by atoms with van der Waals surface area (Å²) in [6.07, 6.45) is 3.76. The molecule has 0 aliphatic carbocycles. The van der Waals surface area contributed by atoms with Gasteiger partial charge in [-0.15, -0.1) is 24.0 Å². The summed E-state index contributed by atoms with van der Waals surface area (Å²) in [6.45, 7) is 6.60. The zero-order chi connectivity index (χ0) is 18.1. The zero-order valence-corrected chi connectivity index (χ0v) is 17.2. The maximum atomic E-state index is 13.5. The Hall–Kier alpha value is -1.91. The molecule has 144 valence electrons. The van der Waals surface area contributed by atoms with E-state index in [9.17, 15) is 8.78 Å². The molecule has 0 saturated carbocycles. The Morgan fingerprint density at radius 2 is 2.12 bits per heavy atom. The van der Waals surface area contributed by atoms with Crippen molar-refractivity contribution in [1.82, 2.24) is 20.4 Å². The molecule has 0 spiro atoms. The maximum absolute atomic E-state index is 13.5. The van der Waals surface area contributed by atoms with E-state index in [4.69, 9.17) is 4.74 Å². The Kier molecular flexibility index (Phi) is 9.92. The first-order chi connectivity index (χ1) is 12.1. The van der Waals surface area contributed by atoms with Gasteiger partial charge in [0.1, 0.15) is 12.4 Å². The quantitative estimate of drug-likeness (QED) is 0.265. The largest absolute Gasteiger partial charge is 0.489 e. The van der Waals surface area contributed by atoms with Crippen molar-refractivity contribution in [3.63, 3.8) is 0 Å². The molecule has 1 heterocycles. The van der Waals surface area contributed by atoms with Crippen molar-refractivity contribution >= 4 is 29.9 Å². The lowest BCUT2D eigenvalue weighted by Gasteiger charge is -2.12. The smallest absolute Gasteiger partial charge is 0.191 e. The minimum atomic E-state index is -0.713. The van der Waals surface area contributed by atoms with E-state index in [1.807, 2.05) is 24.7 Å². The minimum absolute atomic E-state index is 0. The molecule has 9 heteroatoms. The summed E-state index contributed by atoms with van der Waals surface area (Å²) in [7, 11) is 0. The number of nitrogens with one attached hydrogen (secondary N) is 2. The van der Waals surface area contributed by atoms with Gasteiger partial charge in [0.2, 0.25) is 0 Å². The summed E-state index contributed by atoms with van der Waals surface area (Å²) in [6, 6.07) is 3.23. The van der Waals surface area contributed by atoms with Crippen molar-refractivity contribution in [3.8, 4) is 5.75 Å². The SMILES string of the molecule is CCNC(=NCCn1cc(C)cn1)NCCOc1ccc(F)cc1F.I. The normalized spacial score (nSPS) is 11.0. The summed E-state index contributed by atoms with van der Waals surface area (Å²) in [5.41, 5.74) is 1.11. The number of aliphatic imine (C=N–C) groups is 1. The average Bonchev–Trinajstić information content (AvgIpc) is 2.98. The average molecular weight is 479 g/mol. The first-order valence-corrected chi connectivity index (χ1v) is 8.17. The van der Waals surface area contributed by atoms with Crippen LogP contribution in [0, 0.1) is 18.6 Å². The van der Waals surface area contributed by atoms with E-state index in [1.165, 1.54) is 6.07 Å². The number of halogens is 3. The highest BCUT2D eigenvalue weighted by Gasteiger charge is 2.04. The van der Waals surface area contributed by atoms with Gasteiger partial charge in [0.05, 0.1) is 25.8 Å². The van der Waals surface area contributed by atoms with Crippen LogP contribution in [-0.2, 0) is 6.54 Å². The highest BCUT2D eigenvalue weighted by Crippen LogP contribution is 2.17. The van der Waals surface area contributed by atoms with E-state index in [0.717, 1.165) is 24.2 Å². The van der Waals surface area contributed by atoms with Gasteiger partial charge in [-0.3, -0.25) is 9.67 Å². The number of benzene rings is 1. The van der Waals surface area contributed by atoms with Crippen molar-refractivity contribution in [3.05, 3.63) is 47.8 Å². The van der Waals surface area contributed by atoms with Crippen LogP contribution < -0.4 is 15.4 Å². The van der Waals surface area contributed by atoms with Crippen LogP contribution in [0.15, 0.2) is 35.6 Å². The van der Waals surface area contributed by atoms with Gasteiger partial charge in [0.15, 0.2) is 17.5 Å². The number of nitrogens with zero attached hydrogens (tertiary/aromatic N) is 3. The van der Waals surface area contributed by atoms with E-state index in [2.05, 4.69) is 20.7 Å². The maximum Gasteiger partial charge on any atom is 0.191 e. The molecule has 0 saturated heterocycles. The fourth-order valence-corrected chi connectivity index (χ4v) is 2.12. The molecule has 0 fully saturated rings. The minimum Gasteiger partial charge on any atom is -0.489 e. The second-order valence-corrected chi connectivity index (χ2v) is 5.39. The molecular weight excluding hydrogens is 455 g/mol. The number of rotatable bonds is 8. The summed E-state index contributed by atoms with van der Waals surface area (Å²) < 4.78 is 33.4. The molecule has 0 atom stereocenters. The lowest BCUT2D eigenvalue weighted by atomic mass is 10.3. The molecule has 0 amide bonds. The number of hydrogen-bond donors (Lipinski definition) is 2. The summed E-state index contributed by atoms with van der Waals surface area (Å²) in [4.78, 5) is 4.45. The third-order valence-electron chi connectivity index (χ3n) is 3.25. The number of aryl methyl sites for hydroxylation is 1. The summed E-state index contributed by atoms with van der Waals surface area (Å²) in [5, 5.41) is 10.4. The Bertz CT molecular complexity index is 708. The Morgan fingerprint density at radius 1 is 1.31 bits per heavy atom. The molecule has 0 radical (unpaired) electrons. The third kappa shape index (κ3) is 7.54. The predicted octanol–water partition coefficient (Wildman–Crippen LogP) is 2.72. The van der Waals surface area contributed by atoms with Gasteiger partial charge in [0.25, 0.3) is 0 Å². The van der Waals surface area contributed by atoms with E-state index in [-0.39, 0.29) is 36.3 Å². The van der Waals surface area contributed by atoms with E-state index >= 15 is 0 Å². The topological polar surface area (TPSA) is 63.5 Å². The summed E-state index contributed by atoms with van der Waals surface area (Å²) >= 11 is 0. The first-order valence-electron chi connectivity index (χ1n) is 8.17. The van der Waals surface area contributed by atoms with Gasteiger partial charge < -0.3 is 15.4 Å². The number of hydrogen-bond acceptors (Lipinski definition) is 3. The molecule has 26 heavy (non-hydrogen) atoms. The van der Waals surface area contributed by atoms with Gasteiger partial charge in [-0.05, 0) is 31.5 Å². The van der Waals surface area contributed by atoms with Gasteiger partial charge in [0, 0.05) is 18.8 Å². The monoisotopic (exact) mass is 479 g/mol. The number of guanidine groups is 1. The van der Waals surface area contributed by atoms with Crippen LogP contribution in [0.2, 0.25) is 0 Å². The van der Waals surface area contributed by atoms with Gasteiger partial charge in [-0.25, -0.2) is 8.78 Å². The van der Waals surface area contributed by atoms with Crippen LogP contribution in [0.4, 0.5) is 8.78 Å². The van der Waals surface area contributed by atoms with Gasteiger partial charge in [-0.2, -0.15) is 5.10 Å². The van der Waals surface area contributed by atoms with E-state index in [1.54, 1.807) is 6.20 Å². The molecule has 1 aromatic carbocycles. The van der Waals surface area contributed by atoms with Crippen molar-refractivity contribution in [2.75, 3.05) is 26.2 Å². The van der Waals surface area contributed by atoms with Crippen LogP contribution in [0.5, 0.6) is 5.75 Å². The Balaban J connectivity index is 0.00000338. The molecular formula is C17H24F2IN5O. The molecule has 2 N–H and O–H groups in total. The number of aromatic nitrogens is 2. The molecule has 6 nitrogen and oxygen atoms in total. The Morgan fingerprint density at radius 3 is 2.77 bits per heavy atom. The van der Waals surface area contributed by atoms with Crippen LogP contribution >= 0.6 is 24.0 Å². The standard InChI is InChI=1S/C17H23F2N5O.HI/c1-3-20-17(21-6-8-24-12-13(2)11-23-24)22-7-9-25-16-5-4-14(18)10-15(16)19;/h4-5,10-12H,3,6-9H2,1-2H3,(H2,20,21,22);1H. The van der Waals surface area contributed by atoms with Crippen molar-refractivity contribution in [2.45, 2.75) is 20.4 Å². The predicted molar refractivity (Wildman–Crippen MR) is 108 cm³/mol. The van der Waals surface area contributed by atoms with Crippen molar-refractivity contribution < 1.29 is 13.5 Å². The highest BCUT2D eigenvalue weighted by atomic mass is 127. The molecule has 0 unspecified atom stereocenters. The van der Waals surface area contributed by atoms with Crippen LogP contribution in [-0.4, -0.2) is 42.0 Å². The highest BCUT2D eigenvalue weighted by molar-refractivity contribution is 14.0. The lowest BCUT2D eigenvalue weighted by molar-refractivity contribution is 0.304. The Labute approximate surface area is 169 Å². The second kappa shape index (κ2) is 11.7. The zero-order valence-electron chi connectivity index (χ0n) is 14.8. The summed E-state index contributed by atoms with van der Waals surface area (Å²) in [5.74, 6) is -0.666. The lowest BCUT2D eigenvalue weighted by Crippen LogP contribution is -2.39. The molecule has 2 aromatic rings. The number of ether oxygens (including phenoxy) is 1. The molecule has 2 rings (SSSR count). The van der Waals surface area contributed by atoms with Gasteiger partial charge in [-0.1, -0.05) is 0 Å². The first kappa shape index (κ1) is 22.1. The fraction of sp³-hybridized carbons (Fsp3) is 0.412. The van der Waals surface area contributed by atoms with E-state index in [0.29, 0.717) is 25.6 Å². The van der Waals surface area contributed by atoms with Crippen LogP contribution in [0.25, 0.3) is 0 Å². The third-order valence-corrected chi connectivity index (χ3v) is 3.25. The van der Waals surface area contributed by atoms with Gasteiger partial charge >= 0.3 is 0 Å².